The molecule has 6 heteroatoms. The number of rotatable bonds is 61. The molecule has 0 aromatic heterocycles. The van der Waals surface area contributed by atoms with Crippen LogP contribution < -0.4 is 0 Å². The number of esters is 3. The first kappa shape index (κ1) is 76.1. The second-order valence-electron chi connectivity index (χ2n) is 22.3. The van der Waals surface area contributed by atoms with E-state index in [9.17, 15) is 14.4 Å². The van der Waals surface area contributed by atoms with Gasteiger partial charge in [-0.15, -0.1) is 0 Å². The minimum Gasteiger partial charge on any atom is -0.462 e. The van der Waals surface area contributed by atoms with Crippen molar-refractivity contribution in [3.05, 3.63) is 109 Å². The van der Waals surface area contributed by atoms with Crippen molar-refractivity contribution in [1.29, 1.82) is 0 Å². The molecular formula is C74H126O6. The molecule has 0 heterocycles. The van der Waals surface area contributed by atoms with E-state index in [4.69, 9.17) is 14.2 Å². The van der Waals surface area contributed by atoms with Crippen molar-refractivity contribution >= 4 is 17.9 Å². The van der Waals surface area contributed by atoms with E-state index in [1.165, 1.54) is 148 Å². The fraction of sp³-hybridized carbons (Fsp3) is 0.716. The van der Waals surface area contributed by atoms with Crippen LogP contribution >= 0.6 is 0 Å². The minimum atomic E-state index is -0.786. The number of ether oxygens (including phenoxy) is 3. The van der Waals surface area contributed by atoms with E-state index < -0.39 is 6.10 Å². The summed E-state index contributed by atoms with van der Waals surface area (Å²) in [5, 5.41) is 0. The molecule has 0 aliphatic rings. The summed E-state index contributed by atoms with van der Waals surface area (Å²) in [5.41, 5.74) is 0. The van der Waals surface area contributed by atoms with Gasteiger partial charge in [0, 0.05) is 19.3 Å². The van der Waals surface area contributed by atoms with Crippen molar-refractivity contribution in [3.63, 3.8) is 0 Å². The Morgan fingerprint density at radius 3 is 0.762 bits per heavy atom. The maximum atomic E-state index is 12.9. The molecule has 458 valence electrons. The van der Waals surface area contributed by atoms with Crippen LogP contribution in [-0.4, -0.2) is 37.2 Å². The summed E-state index contributed by atoms with van der Waals surface area (Å²) >= 11 is 0. The molecule has 0 aromatic rings. The van der Waals surface area contributed by atoms with E-state index in [-0.39, 0.29) is 31.1 Å². The Labute approximate surface area is 495 Å². The van der Waals surface area contributed by atoms with Crippen LogP contribution in [-0.2, 0) is 28.6 Å². The first-order chi connectivity index (χ1) is 39.5. The smallest absolute Gasteiger partial charge is 0.306 e. The van der Waals surface area contributed by atoms with Gasteiger partial charge in [-0.05, 0) is 103 Å². The lowest BCUT2D eigenvalue weighted by atomic mass is 10.0. The van der Waals surface area contributed by atoms with Gasteiger partial charge in [0.2, 0.25) is 0 Å². The molecule has 0 N–H and O–H groups in total. The summed E-state index contributed by atoms with van der Waals surface area (Å²) < 4.78 is 16.9. The Kier molecular flexibility index (Phi) is 64.3. The number of carbonyl (C=O) groups excluding carboxylic acids is 3. The minimum absolute atomic E-state index is 0.0814. The molecular weight excluding hydrogens is 985 g/mol. The van der Waals surface area contributed by atoms with Crippen molar-refractivity contribution in [3.8, 4) is 0 Å². The number of hydrogen-bond acceptors (Lipinski definition) is 6. The molecule has 0 aliphatic carbocycles. The molecule has 1 unspecified atom stereocenters. The van der Waals surface area contributed by atoms with Crippen LogP contribution in [0.4, 0.5) is 0 Å². The van der Waals surface area contributed by atoms with Gasteiger partial charge in [-0.2, -0.15) is 0 Å². The van der Waals surface area contributed by atoms with Gasteiger partial charge in [0.15, 0.2) is 6.10 Å². The molecule has 0 radical (unpaired) electrons. The topological polar surface area (TPSA) is 78.9 Å². The van der Waals surface area contributed by atoms with Crippen LogP contribution in [0.25, 0.3) is 0 Å². The molecule has 0 spiro atoms. The molecule has 1 atom stereocenters. The molecule has 0 saturated carbocycles. The molecule has 0 aliphatic heterocycles. The van der Waals surface area contributed by atoms with Gasteiger partial charge in [0.05, 0.1) is 0 Å². The quantitative estimate of drug-likeness (QED) is 0.0261. The normalized spacial score (nSPS) is 12.8. The highest BCUT2D eigenvalue weighted by Gasteiger charge is 2.19. The van der Waals surface area contributed by atoms with Crippen LogP contribution in [0.15, 0.2) is 109 Å². The first-order valence-corrected chi connectivity index (χ1v) is 33.9. The number of unbranched alkanes of at least 4 members (excludes halogenated alkanes) is 32. The summed E-state index contributed by atoms with van der Waals surface area (Å²) in [5.74, 6) is -0.887. The highest BCUT2D eigenvalue weighted by Crippen LogP contribution is 2.17. The number of hydrogen-bond donors (Lipinski definition) is 0. The zero-order valence-corrected chi connectivity index (χ0v) is 52.6. The highest BCUT2D eigenvalue weighted by molar-refractivity contribution is 5.71. The molecule has 80 heavy (non-hydrogen) atoms. The summed E-state index contributed by atoms with van der Waals surface area (Å²) in [6, 6.07) is 0. The van der Waals surface area contributed by atoms with Crippen LogP contribution in [0.1, 0.15) is 323 Å². The molecule has 6 nitrogen and oxygen atoms in total. The van der Waals surface area contributed by atoms with Gasteiger partial charge in [0.1, 0.15) is 13.2 Å². The van der Waals surface area contributed by atoms with E-state index in [0.29, 0.717) is 19.3 Å². The van der Waals surface area contributed by atoms with Gasteiger partial charge in [-0.25, -0.2) is 0 Å². The standard InChI is InChI=1S/C74H126O6/c1-4-7-10-13-16-19-22-25-28-29-30-31-32-33-34-35-36-37-38-39-40-41-42-43-44-45-47-49-52-55-58-61-64-67-73(76)79-70-71(69-78-72(75)66-63-60-57-54-51-48-27-24-21-18-15-12-9-6-3)80-74(77)68-65-62-59-56-53-50-46-26-23-20-17-14-11-8-5-2/h7-8,10-11,16-17,19-20,25-26,28,30-31,33-34,36-37,46,71H,4-6,9,12-15,18,21-24,27,29,32,35,38-45,47-70H2,1-3H3/b10-7-,11-8-,19-16-,20-17-,28-25-,31-30-,34-33-,37-36-,46-26-. The van der Waals surface area contributed by atoms with Crippen LogP contribution in [0.2, 0.25) is 0 Å². The molecule has 0 aromatic carbocycles. The Morgan fingerprint density at radius 1 is 0.263 bits per heavy atom. The first-order valence-electron chi connectivity index (χ1n) is 33.9. The van der Waals surface area contributed by atoms with Crippen molar-refractivity contribution in [2.45, 2.75) is 329 Å². The van der Waals surface area contributed by atoms with Crippen LogP contribution in [0.3, 0.4) is 0 Å². The lowest BCUT2D eigenvalue weighted by Crippen LogP contribution is -2.30. The van der Waals surface area contributed by atoms with E-state index in [1.54, 1.807) is 0 Å². The molecule has 0 bridgehead atoms. The maximum Gasteiger partial charge on any atom is 0.306 e. The second-order valence-corrected chi connectivity index (χ2v) is 22.3. The largest absolute Gasteiger partial charge is 0.462 e. The third kappa shape index (κ3) is 64.9. The molecule has 0 fully saturated rings. The van der Waals surface area contributed by atoms with Crippen molar-refractivity contribution in [1.82, 2.24) is 0 Å². The predicted octanol–water partition coefficient (Wildman–Crippen LogP) is 23.4. The van der Waals surface area contributed by atoms with E-state index in [2.05, 4.69) is 130 Å². The van der Waals surface area contributed by atoms with Gasteiger partial charge in [0.25, 0.3) is 0 Å². The second kappa shape index (κ2) is 67.6. The van der Waals surface area contributed by atoms with E-state index >= 15 is 0 Å². The number of carbonyl (C=O) groups is 3. The van der Waals surface area contributed by atoms with Crippen molar-refractivity contribution in [2.75, 3.05) is 13.2 Å². The van der Waals surface area contributed by atoms with Gasteiger partial charge < -0.3 is 14.2 Å². The average Bonchev–Trinajstić information content (AvgIpc) is 3.46. The van der Waals surface area contributed by atoms with Gasteiger partial charge in [-0.1, -0.05) is 310 Å². The lowest BCUT2D eigenvalue weighted by Gasteiger charge is -2.18. The Hall–Kier alpha value is -3.93. The zero-order chi connectivity index (χ0) is 57.8. The SMILES string of the molecule is CC/C=C\C/C=C\C/C=C\C/C=C\C/C=C\C/C=C\CCCCCCCCCCCCCCCCC(=O)OCC(COC(=O)CCCCCCCCCCCCCCCC)OC(=O)CCCCCCC/C=C\C/C=C\C/C=C\CC. The lowest BCUT2D eigenvalue weighted by molar-refractivity contribution is -0.167. The predicted molar refractivity (Wildman–Crippen MR) is 348 cm³/mol. The molecule has 0 amide bonds. The fourth-order valence-electron chi connectivity index (χ4n) is 9.52. The van der Waals surface area contributed by atoms with E-state index in [0.717, 1.165) is 135 Å². The van der Waals surface area contributed by atoms with Gasteiger partial charge in [-0.3, -0.25) is 14.4 Å². The van der Waals surface area contributed by atoms with Crippen LogP contribution in [0, 0.1) is 0 Å². The average molecular weight is 1110 g/mol. The summed E-state index contributed by atoms with van der Waals surface area (Å²) in [7, 11) is 0. The third-order valence-electron chi connectivity index (χ3n) is 14.5. The Balaban J connectivity index is 4.20. The van der Waals surface area contributed by atoms with Crippen molar-refractivity contribution < 1.29 is 28.6 Å². The highest BCUT2D eigenvalue weighted by atomic mass is 16.6. The van der Waals surface area contributed by atoms with Crippen LogP contribution in [0.5, 0.6) is 0 Å². The fourth-order valence-corrected chi connectivity index (χ4v) is 9.52. The Bertz CT molecular complexity index is 1610. The van der Waals surface area contributed by atoms with Crippen molar-refractivity contribution in [2.24, 2.45) is 0 Å². The Morgan fingerprint density at radius 2 is 0.487 bits per heavy atom. The summed E-state index contributed by atoms with van der Waals surface area (Å²) in [6.07, 6.45) is 92.5. The maximum absolute atomic E-state index is 12.9. The zero-order valence-electron chi connectivity index (χ0n) is 52.6. The molecule has 0 saturated heterocycles. The van der Waals surface area contributed by atoms with E-state index in [1.807, 2.05) is 0 Å². The summed E-state index contributed by atoms with van der Waals surface area (Å²) in [4.78, 5) is 38.3. The monoisotopic (exact) mass is 1110 g/mol. The number of allylic oxidation sites excluding steroid dienone is 18. The summed E-state index contributed by atoms with van der Waals surface area (Å²) in [6.45, 7) is 6.43. The van der Waals surface area contributed by atoms with Gasteiger partial charge >= 0.3 is 17.9 Å². The molecule has 0 rings (SSSR count). The third-order valence-corrected chi connectivity index (χ3v) is 14.5.